The Bertz CT molecular complexity index is 599. The van der Waals surface area contributed by atoms with Crippen LogP contribution in [0.5, 0.6) is 0 Å². The van der Waals surface area contributed by atoms with E-state index in [0.29, 0.717) is 16.6 Å². The van der Waals surface area contributed by atoms with Crippen LogP contribution >= 0.6 is 23.2 Å². The van der Waals surface area contributed by atoms with Gasteiger partial charge in [0, 0.05) is 22.2 Å². The van der Waals surface area contributed by atoms with E-state index in [1.807, 2.05) is 0 Å². The number of hydrogen-bond donors (Lipinski definition) is 1. The molecule has 0 aromatic heterocycles. The van der Waals surface area contributed by atoms with Gasteiger partial charge in [-0.15, -0.1) is 0 Å². The van der Waals surface area contributed by atoms with Crippen LogP contribution in [0.15, 0.2) is 36.4 Å². The predicted octanol–water partition coefficient (Wildman–Crippen LogP) is 5.30. The molecule has 2 aromatic rings. The predicted molar refractivity (Wildman–Crippen MR) is 83.9 cm³/mol. The van der Waals surface area contributed by atoms with Gasteiger partial charge in [0.15, 0.2) is 0 Å². The first-order valence-electron chi connectivity index (χ1n) is 6.56. The van der Waals surface area contributed by atoms with E-state index >= 15 is 0 Å². The molecule has 2 rings (SSSR count). The van der Waals surface area contributed by atoms with Crippen LogP contribution in [0.25, 0.3) is 11.1 Å². The summed E-state index contributed by atoms with van der Waals surface area (Å²) in [7, 11) is 0. The molecule has 0 aliphatic heterocycles. The molecule has 0 saturated heterocycles. The summed E-state index contributed by atoms with van der Waals surface area (Å²) in [5.74, 6) is -0.282. The maximum atomic E-state index is 13.6. The summed E-state index contributed by atoms with van der Waals surface area (Å²) in [6, 6.07) is 9.97. The van der Waals surface area contributed by atoms with Gasteiger partial charge in [-0.05, 0) is 54.4 Å². The summed E-state index contributed by atoms with van der Waals surface area (Å²) in [5, 5.41) is 4.47. The van der Waals surface area contributed by atoms with E-state index in [0.717, 1.165) is 29.7 Å². The second kappa shape index (κ2) is 7.07. The second-order valence-corrected chi connectivity index (χ2v) is 5.45. The van der Waals surface area contributed by atoms with Crippen molar-refractivity contribution in [1.82, 2.24) is 5.32 Å². The molecule has 1 N–H and O–H groups in total. The zero-order valence-corrected chi connectivity index (χ0v) is 12.7. The molecule has 0 heterocycles. The van der Waals surface area contributed by atoms with Crippen molar-refractivity contribution in [1.29, 1.82) is 0 Å². The van der Waals surface area contributed by atoms with Crippen LogP contribution in [-0.4, -0.2) is 6.54 Å². The van der Waals surface area contributed by atoms with Crippen LogP contribution in [0.1, 0.15) is 18.9 Å². The third-order valence-electron chi connectivity index (χ3n) is 3.03. The van der Waals surface area contributed by atoms with Crippen LogP contribution in [0.4, 0.5) is 4.39 Å². The number of rotatable bonds is 5. The third kappa shape index (κ3) is 3.72. The fourth-order valence-electron chi connectivity index (χ4n) is 2.06. The van der Waals surface area contributed by atoms with Crippen molar-refractivity contribution >= 4 is 23.2 Å². The summed E-state index contributed by atoms with van der Waals surface area (Å²) in [4.78, 5) is 0. The molecule has 0 spiro atoms. The molecule has 1 nitrogen and oxygen atoms in total. The molecule has 0 bridgehead atoms. The van der Waals surface area contributed by atoms with E-state index in [1.54, 1.807) is 24.3 Å². The van der Waals surface area contributed by atoms with Gasteiger partial charge in [0.25, 0.3) is 0 Å². The smallest absolute Gasteiger partial charge is 0.123 e. The van der Waals surface area contributed by atoms with Crippen LogP contribution < -0.4 is 5.32 Å². The Kier molecular flexibility index (Phi) is 5.41. The number of hydrogen-bond acceptors (Lipinski definition) is 1. The second-order valence-electron chi connectivity index (χ2n) is 4.60. The molecule has 4 heteroatoms. The lowest BCUT2D eigenvalue weighted by Crippen LogP contribution is -2.14. The summed E-state index contributed by atoms with van der Waals surface area (Å²) in [6.07, 6.45) is 1.05. The molecule has 106 valence electrons. The van der Waals surface area contributed by atoms with Crippen molar-refractivity contribution in [3.63, 3.8) is 0 Å². The average Bonchev–Trinajstić information content (AvgIpc) is 2.43. The van der Waals surface area contributed by atoms with E-state index in [-0.39, 0.29) is 5.82 Å². The maximum absolute atomic E-state index is 13.6. The lowest BCUT2D eigenvalue weighted by atomic mass is 9.99. The van der Waals surface area contributed by atoms with Crippen LogP contribution in [0.2, 0.25) is 10.0 Å². The van der Waals surface area contributed by atoms with E-state index in [4.69, 9.17) is 23.2 Å². The molecule has 20 heavy (non-hydrogen) atoms. The molecular weight excluding hydrogens is 296 g/mol. The minimum absolute atomic E-state index is 0.282. The molecule has 0 aliphatic carbocycles. The summed E-state index contributed by atoms with van der Waals surface area (Å²) < 4.78 is 13.6. The van der Waals surface area contributed by atoms with Crippen LogP contribution in [0, 0.1) is 5.82 Å². The first-order chi connectivity index (χ1) is 9.61. The highest BCUT2D eigenvalue weighted by Gasteiger charge is 2.10. The van der Waals surface area contributed by atoms with Gasteiger partial charge in [-0.25, -0.2) is 4.39 Å². The van der Waals surface area contributed by atoms with E-state index in [2.05, 4.69) is 12.2 Å². The molecule has 0 radical (unpaired) electrons. The highest BCUT2D eigenvalue weighted by molar-refractivity contribution is 6.35. The van der Waals surface area contributed by atoms with Gasteiger partial charge in [0.2, 0.25) is 0 Å². The highest BCUT2D eigenvalue weighted by Crippen LogP contribution is 2.33. The third-order valence-corrected chi connectivity index (χ3v) is 3.60. The minimum Gasteiger partial charge on any atom is -0.313 e. The van der Waals surface area contributed by atoms with E-state index < -0.39 is 0 Å². The molecule has 2 aromatic carbocycles. The standard InChI is InChI=1S/C16H16Cl2FN/c1-2-7-20-10-11-3-5-13(19)9-14(11)15-8-12(17)4-6-16(15)18/h3-6,8-9,20H,2,7,10H2,1H3. The molecular formula is C16H16Cl2FN. The lowest BCUT2D eigenvalue weighted by Gasteiger charge is -2.12. The fraction of sp³-hybridized carbons (Fsp3) is 0.250. The Labute approximate surface area is 128 Å². The fourth-order valence-corrected chi connectivity index (χ4v) is 2.45. The van der Waals surface area contributed by atoms with Gasteiger partial charge < -0.3 is 5.32 Å². The van der Waals surface area contributed by atoms with Gasteiger partial charge in [0.1, 0.15) is 5.82 Å². The Morgan fingerprint density at radius 2 is 1.85 bits per heavy atom. The van der Waals surface area contributed by atoms with Crippen molar-refractivity contribution in [2.45, 2.75) is 19.9 Å². The van der Waals surface area contributed by atoms with Crippen LogP contribution in [-0.2, 0) is 6.54 Å². The minimum atomic E-state index is -0.282. The maximum Gasteiger partial charge on any atom is 0.123 e. The topological polar surface area (TPSA) is 12.0 Å². The van der Waals surface area contributed by atoms with Crippen molar-refractivity contribution in [2.24, 2.45) is 0 Å². The zero-order chi connectivity index (χ0) is 14.5. The summed E-state index contributed by atoms with van der Waals surface area (Å²) >= 11 is 12.2. The quantitative estimate of drug-likeness (QED) is 0.739. The summed E-state index contributed by atoms with van der Waals surface area (Å²) in [6.45, 7) is 3.69. The summed E-state index contributed by atoms with van der Waals surface area (Å²) in [5.41, 5.74) is 2.54. The van der Waals surface area contributed by atoms with Crippen molar-refractivity contribution in [3.05, 3.63) is 57.8 Å². The largest absolute Gasteiger partial charge is 0.313 e. The van der Waals surface area contributed by atoms with Gasteiger partial charge in [-0.3, -0.25) is 0 Å². The number of nitrogens with one attached hydrogen (secondary N) is 1. The van der Waals surface area contributed by atoms with Crippen LogP contribution in [0.3, 0.4) is 0 Å². The van der Waals surface area contributed by atoms with Gasteiger partial charge in [-0.1, -0.05) is 36.2 Å². The molecule has 0 aliphatic rings. The first kappa shape index (κ1) is 15.3. The Hall–Kier alpha value is -1.09. The van der Waals surface area contributed by atoms with Gasteiger partial charge in [0.05, 0.1) is 0 Å². The Morgan fingerprint density at radius 3 is 2.60 bits per heavy atom. The molecule has 0 unspecified atom stereocenters. The van der Waals surface area contributed by atoms with Crippen molar-refractivity contribution in [2.75, 3.05) is 6.54 Å². The molecule has 0 saturated carbocycles. The van der Waals surface area contributed by atoms with Gasteiger partial charge >= 0.3 is 0 Å². The Morgan fingerprint density at radius 1 is 1.05 bits per heavy atom. The molecule has 0 fully saturated rings. The monoisotopic (exact) mass is 311 g/mol. The van der Waals surface area contributed by atoms with Crippen molar-refractivity contribution in [3.8, 4) is 11.1 Å². The average molecular weight is 312 g/mol. The molecule has 0 amide bonds. The van der Waals surface area contributed by atoms with Crippen molar-refractivity contribution < 1.29 is 4.39 Å². The Balaban J connectivity index is 2.42. The zero-order valence-electron chi connectivity index (χ0n) is 11.2. The van der Waals surface area contributed by atoms with Gasteiger partial charge in [-0.2, -0.15) is 0 Å². The van der Waals surface area contributed by atoms with E-state index in [1.165, 1.54) is 12.1 Å². The number of halogens is 3. The van der Waals surface area contributed by atoms with E-state index in [9.17, 15) is 4.39 Å². The normalized spacial score (nSPS) is 10.8. The SMILES string of the molecule is CCCNCc1ccc(F)cc1-c1cc(Cl)ccc1Cl. The first-order valence-corrected chi connectivity index (χ1v) is 7.32. The lowest BCUT2D eigenvalue weighted by molar-refractivity contribution is 0.625. The highest BCUT2D eigenvalue weighted by atomic mass is 35.5. The molecule has 0 atom stereocenters. The number of benzene rings is 2.